The molecule has 0 aromatic heterocycles. The van der Waals surface area contributed by atoms with E-state index in [1.54, 1.807) is 7.11 Å². The lowest BCUT2D eigenvalue weighted by atomic mass is 10.1. The van der Waals surface area contributed by atoms with Gasteiger partial charge in [-0.2, -0.15) is 0 Å². The van der Waals surface area contributed by atoms with Crippen molar-refractivity contribution in [2.45, 2.75) is 18.5 Å². The highest BCUT2D eigenvalue weighted by atomic mass is 16.6. The number of nitrogens with zero attached hydrogens (tertiary/aromatic N) is 1. The highest BCUT2D eigenvalue weighted by molar-refractivity contribution is 5.93. The van der Waals surface area contributed by atoms with E-state index in [0.29, 0.717) is 5.92 Å². The smallest absolute Gasteiger partial charge is 0.106 e. The van der Waals surface area contributed by atoms with Crippen LogP contribution in [-0.2, 0) is 4.84 Å². The van der Waals surface area contributed by atoms with Crippen molar-refractivity contribution in [3.05, 3.63) is 0 Å². The maximum absolute atomic E-state index is 5.91. The van der Waals surface area contributed by atoms with Gasteiger partial charge in [0, 0.05) is 12.6 Å². The number of nitrogens with two attached hydrogens (primary N) is 1. The van der Waals surface area contributed by atoms with E-state index in [0.717, 1.165) is 18.7 Å². The summed E-state index contributed by atoms with van der Waals surface area (Å²) in [5.41, 5.74) is 6.99. The fourth-order valence-electron chi connectivity index (χ4n) is 1.98. The van der Waals surface area contributed by atoms with Gasteiger partial charge in [0.05, 0.1) is 11.8 Å². The van der Waals surface area contributed by atoms with Gasteiger partial charge in [0.25, 0.3) is 0 Å². The molecule has 0 amide bonds. The Kier molecular flexibility index (Phi) is 1.58. The third-order valence-electron chi connectivity index (χ3n) is 2.57. The van der Waals surface area contributed by atoms with Gasteiger partial charge < -0.3 is 15.9 Å². The number of hydrogen-bond donors (Lipinski definition) is 2. The summed E-state index contributed by atoms with van der Waals surface area (Å²) in [7, 11) is 1.57. The molecule has 2 bridgehead atoms. The van der Waals surface area contributed by atoms with E-state index in [1.807, 2.05) is 0 Å². The fraction of sp³-hybridized carbons (Fsp3) is 0.857. The number of hydrogen-bond acceptors (Lipinski definition) is 4. The summed E-state index contributed by atoms with van der Waals surface area (Å²) >= 11 is 0. The van der Waals surface area contributed by atoms with Gasteiger partial charge in [-0.3, -0.25) is 0 Å². The van der Waals surface area contributed by atoms with Crippen molar-refractivity contribution in [1.82, 2.24) is 5.32 Å². The van der Waals surface area contributed by atoms with Crippen molar-refractivity contribution in [1.29, 1.82) is 0 Å². The first-order valence-electron chi connectivity index (χ1n) is 3.92. The second-order valence-corrected chi connectivity index (χ2v) is 3.19. The predicted molar refractivity (Wildman–Crippen MR) is 42.3 cm³/mol. The minimum absolute atomic E-state index is 0.254. The van der Waals surface area contributed by atoms with Gasteiger partial charge in [0.15, 0.2) is 0 Å². The van der Waals surface area contributed by atoms with Crippen LogP contribution in [0.2, 0.25) is 0 Å². The zero-order chi connectivity index (χ0) is 7.84. The Balaban J connectivity index is 2.14. The normalized spacial score (nSPS) is 45.3. The first kappa shape index (κ1) is 7.06. The molecular weight excluding hydrogens is 142 g/mol. The number of fused-ring (bicyclic) bond motifs is 2. The van der Waals surface area contributed by atoms with Crippen LogP contribution in [0.15, 0.2) is 5.16 Å². The minimum atomic E-state index is 0.254. The summed E-state index contributed by atoms with van der Waals surface area (Å²) in [5, 5.41) is 7.24. The molecule has 2 rings (SSSR count). The van der Waals surface area contributed by atoms with Crippen molar-refractivity contribution < 1.29 is 4.84 Å². The van der Waals surface area contributed by atoms with Crippen LogP contribution in [-0.4, -0.2) is 31.4 Å². The van der Waals surface area contributed by atoms with Gasteiger partial charge in [-0.25, -0.2) is 0 Å². The molecule has 4 nitrogen and oxygen atoms in total. The third kappa shape index (κ3) is 0.937. The van der Waals surface area contributed by atoms with Crippen LogP contribution in [0.25, 0.3) is 0 Å². The summed E-state index contributed by atoms with van der Waals surface area (Å²) in [4.78, 5) is 4.72. The summed E-state index contributed by atoms with van der Waals surface area (Å²) in [6, 6.07) is 0.531. The second-order valence-electron chi connectivity index (χ2n) is 3.19. The van der Waals surface area contributed by atoms with E-state index in [2.05, 4.69) is 10.5 Å². The Labute approximate surface area is 65.8 Å². The lowest BCUT2D eigenvalue weighted by Crippen LogP contribution is -2.39. The van der Waals surface area contributed by atoms with E-state index in [1.165, 1.54) is 0 Å². The Bertz CT molecular complexity index is 192. The largest absolute Gasteiger partial charge is 0.399 e. The van der Waals surface area contributed by atoms with E-state index >= 15 is 0 Å². The molecule has 1 heterocycles. The van der Waals surface area contributed by atoms with E-state index < -0.39 is 0 Å². The van der Waals surface area contributed by atoms with E-state index in [-0.39, 0.29) is 12.1 Å². The number of piperidine rings is 1. The van der Waals surface area contributed by atoms with Gasteiger partial charge in [0.1, 0.15) is 7.11 Å². The van der Waals surface area contributed by atoms with Crippen molar-refractivity contribution >= 4 is 5.71 Å². The van der Waals surface area contributed by atoms with Crippen molar-refractivity contribution in [2.24, 2.45) is 16.8 Å². The highest BCUT2D eigenvalue weighted by Crippen LogP contribution is 2.27. The molecule has 11 heavy (non-hydrogen) atoms. The molecule has 2 fully saturated rings. The van der Waals surface area contributed by atoms with Crippen LogP contribution >= 0.6 is 0 Å². The van der Waals surface area contributed by atoms with Crippen molar-refractivity contribution in [3.8, 4) is 0 Å². The van der Waals surface area contributed by atoms with Crippen LogP contribution in [0.1, 0.15) is 6.42 Å². The van der Waals surface area contributed by atoms with Gasteiger partial charge in [-0.15, -0.1) is 0 Å². The fourth-order valence-corrected chi connectivity index (χ4v) is 1.98. The summed E-state index contributed by atoms with van der Waals surface area (Å²) < 4.78 is 0. The van der Waals surface area contributed by atoms with E-state index in [4.69, 9.17) is 10.6 Å². The third-order valence-corrected chi connectivity index (χ3v) is 2.57. The maximum atomic E-state index is 5.91. The van der Waals surface area contributed by atoms with Crippen LogP contribution in [0.3, 0.4) is 0 Å². The average Bonchev–Trinajstić information content (AvgIpc) is 2.47. The zero-order valence-corrected chi connectivity index (χ0v) is 6.58. The molecule has 0 radical (unpaired) electrons. The quantitative estimate of drug-likeness (QED) is 0.493. The van der Waals surface area contributed by atoms with Crippen LogP contribution in [0.4, 0.5) is 0 Å². The number of oxime groups is 1. The zero-order valence-electron chi connectivity index (χ0n) is 6.58. The lowest BCUT2D eigenvalue weighted by Gasteiger charge is -2.11. The molecule has 1 saturated carbocycles. The predicted octanol–water partition coefficient (Wildman–Crippen LogP) is -0.692. The summed E-state index contributed by atoms with van der Waals surface area (Å²) in [6.45, 7) is 1.04. The summed E-state index contributed by atoms with van der Waals surface area (Å²) in [5.74, 6) is 0.578. The van der Waals surface area contributed by atoms with Gasteiger partial charge >= 0.3 is 0 Å². The molecule has 3 unspecified atom stereocenters. The molecule has 0 aromatic carbocycles. The highest BCUT2D eigenvalue weighted by Gasteiger charge is 2.44. The Hall–Kier alpha value is -0.610. The molecule has 4 heteroatoms. The number of rotatable bonds is 1. The lowest BCUT2D eigenvalue weighted by molar-refractivity contribution is 0.211. The van der Waals surface area contributed by atoms with Gasteiger partial charge in [-0.05, 0) is 12.3 Å². The molecule has 1 aliphatic heterocycles. The molecule has 0 spiro atoms. The monoisotopic (exact) mass is 155 g/mol. The Morgan fingerprint density at radius 1 is 1.73 bits per heavy atom. The first-order valence-corrected chi connectivity index (χ1v) is 3.92. The van der Waals surface area contributed by atoms with E-state index in [9.17, 15) is 0 Å². The standard InChI is InChI=1S/C7H13N3O/c1-11-10-5-2-4-3-9-7(5)6(4)8/h4,6-7,9H,2-3,8H2,1H3. The molecule has 2 aliphatic rings. The molecule has 0 aromatic rings. The SMILES string of the molecule is CON=C1CC2CNC1C2N. The van der Waals surface area contributed by atoms with Crippen LogP contribution in [0, 0.1) is 5.92 Å². The molecule has 62 valence electrons. The molecular formula is C7H13N3O. The molecule has 1 aliphatic carbocycles. The van der Waals surface area contributed by atoms with Crippen molar-refractivity contribution in [2.75, 3.05) is 13.7 Å². The maximum Gasteiger partial charge on any atom is 0.106 e. The molecule has 3 atom stereocenters. The Morgan fingerprint density at radius 3 is 3.00 bits per heavy atom. The number of nitrogens with one attached hydrogen (secondary N) is 1. The average molecular weight is 155 g/mol. The van der Waals surface area contributed by atoms with Gasteiger partial charge in [0.2, 0.25) is 0 Å². The second kappa shape index (κ2) is 2.46. The van der Waals surface area contributed by atoms with Crippen LogP contribution in [0.5, 0.6) is 0 Å². The topological polar surface area (TPSA) is 59.6 Å². The molecule has 3 N–H and O–H groups in total. The minimum Gasteiger partial charge on any atom is -0.399 e. The molecule has 1 saturated heterocycles. The first-order chi connectivity index (χ1) is 5.33. The van der Waals surface area contributed by atoms with Crippen molar-refractivity contribution in [3.63, 3.8) is 0 Å². The summed E-state index contributed by atoms with van der Waals surface area (Å²) in [6.07, 6.45) is 1.01. The van der Waals surface area contributed by atoms with Crippen LogP contribution < -0.4 is 11.1 Å². The Morgan fingerprint density at radius 2 is 2.55 bits per heavy atom. The van der Waals surface area contributed by atoms with Gasteiger partial charge in [-0.1, -0.05) is 5.16 Å².